The fraction of sp³-hybridized carbons (Fsp3) is 1.00. The summed E-state index contributed by atoms with van der Waals surface area (Å²) in [6.45, 7) is 7.40. The fourth-order valence-electron chi connectivity index (χ4n) is 2.56. The summed E-state index contributed by atoms with van der Waals surface area (Å²) in [7, 11) is -3.07. The lowest BCUT2D eigenvalue weighted by Gasteiger charge is -2.35. The molecule has 0 radical (unpaired) electrons. The molecule has 102 valence electrons. The minimum absolute atomic E-state index is 0.178. The molecule has 1 atom stereocenters. The van der Waals surface area contributed by atoms with Crippen LogP contribution in [0.3, 0.4) is 0 Å². The van der Waals surface area contributed by atoms with Gasteiger partial charge in [-0.05, 0) is 24.7 Å². The van der Waals surface area contributed by atoms with Crippen molar-refractivity contribution in [3.63, 3.8) is 0 Å². The first-order valence-corrected chi connectivity index (χ1v) is 8.20. The summed E-state index contributed by atoms with van der Waals surface area (Å²) < 4.78 is 25.4. The van der Waals surface area contributed by atoms with Crippen LogP contribution in [-0.2, 0) is 10.0 Å². The number of hydrogen-bond acceptors (Lipinski definition) is 3. The van der Waals surface area contributed by atoms with E-state index in [4.69, 9.17) is 0 Å². The summed E-state index contributed by atoms with van der Waals surface area (Å²) in [5.41, 5.74) is 0.399. The van der Waals surface area contributed by atoms with E-state index < -0.39 is 10.0 Å². The first-order valence-electron chi connectivity index (χ1n) is 6.55. The van der Waals surface area contributed by atoms with Gasteiger partial charge in [0, 0.05) is 19.1 Å². The van der Waals surface area contributed by atoms with E-state index in [0.717, 1.165) is 6.42 Å². The highest BCUT2D eigenvalue weighted by molar-refractivity contribution is 7.89. The Hall–Kier alpha value is -0.130. The van der Waals surface area contributed by atoms with E-state index in [1.54, 1.807) is 6.92 Å². The third-order valence-electron chi connectivity index (χ3n) is 3.37. The van der Waals surface area contributed by atoms with Crippen molar-refractivity contribution in [1.82, 2.24) is 10.0 Å². The number of rotatable bonds is 6. The summed E-state index contributed by atoms with van der Waals surface area (Å²) in [5, 5.41) is 3.37. The molecule has 4 nitrogen and oxygen atoms in total. The van der Waals surface area contributed by atoms with E-state index >= 15 is 0 Å². The van der Waals surface area contributed by atoms with Crippen LogP contribution >= 0.6 is 0 Å². The van der Waals surface area contributed by atoms with Crippen LogP contribution in [-0.4, -0.2) is 33.3 Å². The SMILES string of the molecule is CCNS(=O)(=O)CCNC1CCCC(C)(C)C1. The zero-order valence-electron chi connectivity index (χ0n) is 11.3. The van der Waals surface area contributed by atoms with Gasteiger partial charge in [0.25, 0.3) is 0 Å². The standard InChI is InChI=1S/C12H26N2O2S/c1-4-14-17(15,16)9-8-13-11-6-5-7-12(2,3)10-11/h11,13-14H,4-10H2,1-3H3. The van der Waals surface area contributed by atoms with E-state index in [1.165, 1.54) is 19.3 Å². The Morgan fingerprint density at radius 2 is 2.06 bits per heavy atom. The topological polar surface area (TPSA) is 58.2 Å². The molecule has 0 aromatic carbocycles. The number of nitrogens with one attached hydrogen (secondary N) is 2. The lowest BCUT2D eigenvalue weighted by Crippen LogP contribution is -2.40. The Balaban J connectivity index is 2.27. The van der Waals surface area contributed by atoms with Gasteiger partial charge < -0.3 is 5.32 Å². The summed E-state index contributed by atoms with van der Waals surface area (Å²) in [5.74, 6) is 0.178. The Labute approximate surface area is 106 Å². The van der Waals surface area contributed by atoms with Crippen LogP contribution in [0, 0.1) is 5.41 Å². The molecule has 1 aliphatic carbocycles. The van der Waals surface area contributed by atoms with Gasteiger partial charge in [-0.3, -0.25) is 0 Å². The van der Waals surface area contributed by atoms with Crippen molar-refractivity contribution in [2.45, 2.75) is 52.5 Å². The van der Waals surface area contributed by atoms with Crippen molar-refractivity contribution in [2.75, 3.05) is 18.8 Å². The average Bonchev–Trinajstić information content (AvgIpc) is 2.15. The molecule has 1 aliphatic rings. The molecular weight excluding hydrogens is 236 g/mol. The van der Waals surface area contributed by atoms with Gasteiger partial charge in [0.1, 0.15) is 0 Å². The molecule has 17 heavy (non-hydrogen) atoms. The molecule has 1 fully saturated rings. The normalized spacial score (nSPS) is 24.8. The number of sulfonamides is 1. The van der Waals surface area contributed by atoms with E-state index in [2.05, 4.69) is 23.9 Å². The van der Waals surface area contributed by atoms with Crippen LogP contribution in [0.1, 0.15) is 46.5 Å². The van der Waals surface area contributed by atoms with Gasteiger partial charge in [-0.25, -0.2) is 13.1 Å². The van der Waals surface area contributed by atoms with Gasteiger partial charge in [0.15, 0.2) is 0 Å². The van der Waals surface area contributed by atoms with Gasteiger partial charge in [0.2, 0.25) is 10.0 Å². The van der Waals surface area contributed by atoms with Gasteiger partial charge in [-0.2, -0.15) is 0 Å². The molecular formula is C12H26N2O2S. The number of hydrogen-bond donors (Lipinski definition) is 2. The van der Waals surface area contributed by atoms with E-state index in [-0.39, 0.29) is 5.75 Å². The zero-order valence-corrected chi connectivity index (χ0v) is 12.1. The highest BCUT2D eigenvalue weighted by Crippen LogP contribution is 2.34. The van der Waals surface area contributed by atoms with Gasteiger partial charge in [-0.15, -0.1) is 0 Å². The quantitative estimate of drug-likeness (QED) is 0.762. The molecule has 0 aromatic heterocycles. The van der Waals surface area contributed by atoms with Gasteiger partial charge in [-0.1, -0.05) is 27.2 Å². The largest absolute Gasteiger partial charge is 0.313 e. The smallest absolute Gasteiger partial charge is 0.212 e. The molecule has 1 unspecified atom stereocenters. The molecule has 5 heteroatoms. The zero-order chi connectivity index (χ0) is 12.9. The fourth-order valence-corrected chi connectivity index (χ4v) is 3.53. The highest BCUT2D eigenvalue weighted by Gasteiger charge is 2.27. The predicted molar refractivity (Wildman–Crippen MR) is 71.5 cm³/mol. The minimum atomic E-state index is -3.07. The summed E-state index contributed by atoms with van der Waals surface area (Å²) in [4.78, 5) is 0. The van der Waals surface area contributed by atoms with Crippen LogP contribution in [0.25, 0.3) is 0 Å². The van der Waals surface area contributed by atoms with E-state index in [0.29, 0.717) is 24.5 Å². The molecule has 0 aromatic rings. The summed E-state index contributed by atoms with van der Waals surface area (Å²) in [6.07, 6.45) is 4.84. The Morgan fingerprint density at radius 3 is 2.65 bits per heavy atom. The molecule has 0 heterocycles. The van der Waals surface area contributed by atoms with Crippen molar-refractivity contribution in [3.8, 4) is 0 Å². The van der Waals surface area contributed by atoms with Crippen LogP contribution < -0.4 is 10.0 Å². The molecule has 0 spiro atoms. The highest BCUT2D eigenvalue weighted by atomic mass is 32.2. The van der Waals surface area contributed by atoms with Crippen molar-refractivity contribution in [1.29, 1.82) is 0 Å². The summed E-state index contributed by atoms with van der Waals surface area (Å²) in [6, 6.07) is 0.482. The predicted octanol–water partition coefficient (Wildman–Crippen LogP) is 1.48. The van der Waals surface area contributed by atoms with Gasteiger partial charge in [0.05, 0.1) is 5.75 Å². The van der Waals surface area contributed by atoms with E-state index in [1.807, 2.05) is 0 Å². The van der Waals surface area contributed by atoms with E-state index in [9.17, 15) is 8.42 Å². The van der Waals surface area contributed by atoms with Crippen LogP contribution in [0.4, 0.5) is 0 Å². The molecule has 1 rings (SSSR count). The third-order valence-corrected chi connectivity index (χ3v) is 4.84. The van der Waals surface area contributed by atoms with Crippen molar-refractivity contribution < 1.29 is 8.42 Å². The van der Waals surface area contributed by atoms with Gasteiger partial charge >= 0.3 is 0 Å². The Morgan fingerprint density at radius 1 is 1.35 bits per heavy atom. The second kappa shape index (κ2) is 6.16. The van der Waals surface area contributed by atoms with Crippen LogP contribution in [0.2, 0.25) is 0 Å². The molecule has 0 saturated heterocycles. The Kier molecular flexibility index (Phi) is 5.41. The molecule has 1 saturated carbocycles. The monoisotopic (exact) mass is 262 g/mol. The van der Waals surface area contributed by atoms with Crippen molar-refractivity contribution in [2.24, 2.45) is 5.41 Å². The first kappa shape index (κ1) is 14.9. The minimum Gasteiger partial charge on any atom is -0.313 e. The lowest BCUT2D eigenvalue weighted by atomic mass is 9.75. The first-order chi connectivity index (χ1) is 7.85. The molecule has 0 amide bonds. The Bertz CT molecular complexity index is 325. The lowest BCUT2D eigenvalue weighted by molar-refractivity contribution is 0.200. The second-order valence-electron chi connectivity index (χ2n) is 5.73. The maximum atomic E-state index is 11.4. The molecule has 0 bridgehead atoms. The van der Waals surface area contributed by atoms with Crippen molar-refractivity contribution >= 4 is 10.0 Å². The summed E-state index contributed by atoms with van der Waals surface area (Å²) >= 11 is 0. The molecule has 2 N–H and O–H groups in total. The van der Waals surface area contributed by atoms with Crippen LogP contribution in [0.15, 0.2) is 0 Å². The maximum absolute atomic E-state index is 11.4. The second-order valence-corrected chi connectivity index (χ2v) is 7.65. The molecule has 0 aliphatic heterocycles. The van der Waals surface area contributed by atoms with Crippen LogP contribution in [0.5, 0.6) is 0 Å². The third kappa shape index (κ3) is 5.84. The average molecular weight is 262 g/mol. The maximum Gasteiger partial charge on any atom is 0.212 e. The van der Waals surface area contributed by atoms with Crippen molar-refractivity contribution in [3.05, 3.63) is 0 Å².